The molecule has 1 aliphatic heterocycles. The molecule has 1 aromatic heterocycles. The van der Waals surface area contributed by atoms with E-state index in [1.54, 1.807) is 25.1 Å². The van der Waals surface area contributed by atoms with Crippen LogP contribution in [0.1, 0.15) is 35.5 Å². The van der Waals surface area contributed by atoms with Gasteiger partial charge in [0.1, 0.15) is 11.3 Å². The van der Waals surface area contributed by atoms with Gasteiger partial charge in [0.05, 0.1) is 24.3 Å². The van der Waals surface area contributed by atoms with Gasteiger partial charge < -0.3 is 14.1 Å². The standard InChI is InChI=1S/C17H20N2O5S/c1-3-23-17(20)14-6-7-24-16(14)10-19-11(2)8-12-9-13(25(18,21)22)4-5-15(12)19/h4-7,9,11H,3,8,10H2,1-2H3,(H2,18,21,22). The summed E-state index contributed by atoms with van der Waals surface area (Å²) < 4.78 is 33.6. The molecule has 2 N–H and O–H groups in total. The number of furan rings is 1. The van der Waals surface area contributed by atoms with Crippen molar-refractivity contribution in [3.8, 4) is 0 Å². The van der Waals surface area contributed by atoms with Crippen molar-refractivity contribution in [1.29, 1.82) is 0 Å². The van der Waals surface area contributed by atoms with Crippen LogP contribution in [0.2, 0.25) is 0 Å². The Morgan fingerprint density at radius 1 is 1.40 bits per heavy atom. The lowest BCUT2D eigenvalue weighted by Crippen LogP contribution is -2.29. The van der Waals surface area contributed by atoms with Crippen molar-refractivity contribution in [3.63, 3.8) is 0 Å². The molecule has 1 aromatic carbocycles. The number of benzene rings is 1. The number of carbonyl (C=O) groups excluding carboxylic acids is 1. The first-order valence-electron chi connectivity index (χ1n) is 7.97. The largest absolute Gasteiger partial charge is 0.467 e. The lowest BCUT2D eigenvalue weighted by molar-refractivity contribution is 0.0523. The Kier molecular flexibility index (Phi) is 4.57. The van der Waals surface area contributed by atoms with E-state index in [1.165, 1.54) is 12.3 Å². The van der Waals surface area contributed by atoms with Crippen LogP contribution in [-0.4, -0.2) is 27.0 Å². The zero-order valence-electron chi connectivity index (χ0n) is 14.1. The second kappa shape index (κ2) is 6.53. The molecule has 25 heavy (non-hydrogen) atoms. The van der Waals surface area contributed by atoms with Crippen LogP contribution in [0.4, 0.5) is 5.69 Å². The average molecular weight is 364 g/mol. The first-order valence-corrected chi connectivity index (χ1v) is 9.51. The van der Waals surface area contributed by atoms with Gasteiger partial charge in [-0.3, -0.25) is 0 Å². The summed E-state index contributed by atoms with van der Waals surface area (Å²) in [6.45, 7) is 4.47. The van der Waals surface area contributed by atoms with Gasteiger partial charge >= 0.3 is 5.97 Å². The maximum atomic E-state index is 12.0. The number of hydrogen-bond acceptors (Lipinski definition) is 6. The lowest BCUT2D eigenvalue weighted by Gasteiger charge is -2.24. The highest BCUT2D eigenvalue weighted by Gasteiger charge is 2.29. The number of sulfonamides is 1. The van der Waals surface area contributed by atoms with Gasteiger partial charge in [-0.1, -0.05) is 0 Å². The number of carbonyl (C=O) groups is 1. The Morgan fingerprint density at radius 3 is 2.84 bits per heavy atom. The van der Waals surface area contributed by atoms with Crippen LogP contribution >= 0.6 is 0 Å². The highest BCUT2D eigenvalue weighted by molar-refractivity contribution is 7.89. The number of primary sulfonamides is 1. The predicted molar refractivity (Wildman–Crippen MR) is 91.8 cm³/mol. The molecule has 0 amide bonds. The van der Waals surface area contributed by atoms with E-state index in [0.717, 1.165) is 11.3 Å². The SMILES string of the molecule is CCOC(=O)c1ccoc1CN1c2ccc(S(N)(=O)=O)cc2CC1C. The quantitative estimate of drug-likeness (QED) is 0.815. The van der Waals surface area contributed by atoms with E-state index in [4.69, 9.17) is 14.3 Å². The smallest absolute Gasteiger partial charge is 0.341 e. The predicted octanol–water partition coefficient (Wildman–Crippen LogP) is 2.05. The number of anilines is 1. The van der Waals surface area contributed by atoms with Crippen molar-refractivity contribution in [3.05, 3.63) is 47.4 Å². The fraction of sp³-hybridized carbons (Fsp3) is 0.353. The van der Waals surface area contributed by atoms with Crippen LogP contribution in [0.15, 0.2) is 39.8 Å². The van der Waals surface area contributed by atoms with Gasteiger partial charge in [-0.05, 0) is 50.1 Å². The minimum absolute atomic E-state index is 0.102. The first-order chi connectivity index (χ1) is 11.8. The molecular weight excluding hydrogens is 344 g/mol. The molecule has 134 valence electrons. The maximum Gasteiger partial charge on any atom is 0.341 e. The monoisotopic (exact) mass is 364 g/mol. The molecule has 0 fully saturated rings. The molecule has 8 heteroatoms. The van der Waals surface area contributed by atoms with Crippen molar-refractivity contribution < 1.29 is 22.4 Å². The first kappa shape index (κ1) is 17.5. The third-order valence-electron chi connectivity index (χ3n) is 4.29. The number of hydrogen-bond donors (Lipinski definition) is 1. The topological polar surface area (TPSA) is 103 Å². The van der Waals surface area contributed by atoms with E-state index < -0.39 is 16.0 Å². The number of rotatable bonds is 5. The van der Waals surface area contributed by atoms with Crippen molar-refractivity contribution in [1.82, 2.24) is 0 Å². The highest BCUT2D eigenvalue weighted by atomic mass is 32.2. The van der Waals surface area contributed by atoms with Gasteiger partial charge in [-0.2, -0.15) is 0 Å². The Balaban J connectivity index is 1.89. The summed E-state index contributed by atoms with van der Waals surface area (Å²) in [6, 6.07) is 6.57. The second-order valence-corrected chi connectivity index (χ2v) is 7.56. The number of esters is 1. The minimum atomic E-state index is -3.73. The van der Waals surface area contributed by atoms with E-state index in [0.29, 0.717) is 30.9 Å². The molecule has 0 spiro atoms. The second-order valence-electron chi connectivity index (χ2n) is 5.99. The molecule has 2 aromatic rings. The fourth-order valence-corrected chi connectivity index (χ4v) is 3.66. The molecule has 0 aliphatic carbocycles. The van der Waals surface area contributed by atoms with Crippen LogP contribution in [0.3, 0.4) is 0 Å². The molecular formula is C17H20N2O5S. The average Bonchev–Trinajstić information content (AvgIpc) is 3.11. The third kappa shape index (κ3) is 3.40. The van der Waals surface area contributed by atoms with E-state index in [2.05, 4.69) is 4.90 Å². The third-order valence-corrected chi connectivity index (χ3v) is 5.20. The van der Waals surface area contributed by atoms with E-state index in [9.17, 15) is 13.2 Å². The Bertz CT molecular complexity index is 904. The number of nitrogens with zero attached hydrogens (tertiary/aromatic N) is 1. The lowest BCUT2D eigenvalue weighted by atomic mass is 10.1. The summed E-state index contributed by atoms with van der Waals surface area (Å²) in [4.78, 5) is 14.2. The molecule has 3 rings (SSSR count). The summed E-state index contributed by atoms with van der Waals surface area (Å²) in [5.41, 5.74) is 2.22. The van der Waals surface area contributed by atoms with Crippen LogP contribution in [0.25, 0.3) is 0 Å². The van der Waals surface area contributed by atoms with Crippen molar-refractivity contribution in [2.24, 2.45) is 5.14 Å². The summed E-state index contributed by atoms with van der Waals surface area (Å²) in [6.07, 6.45) is 2.15. The molecule has 0 saturated heterocycles. The summed E-state index contributed by atoms with van der Waals surface area (Å²) in [5, 5.41) is 5.20. The van der Waals surface area contributed by atoms with Crippen molar-refractivity contribution in [2.75, 3.05) is 11.5 Å². The highest BCUT2D eigenvalue weighted by Crippen LogP contribution is 2.35. The van der Waals surface area contributed by atoms with Crippen molar-refractivity contribution >= 4 is 21.7 Å². The fourth-order valence-electron chi connectivity index (χ4n) is 3.10. The van der Waals surface area contributed by atoms with Gasteiger partial charge in [0.2, 0.25) is 10.0 Å². The number of nitrogens with two attached hydrogens (primary N) is 1. The van der Waals surface area contributed by atoms with E-state index in [-0.39, 0.29) is 10.9 Å². The summed E-state index contributed by atoms with van der Waals surface area (Å²) in [7, 11) is -3.73. The molecule has 1 atom stereocenters. The molecule has 7 nitrogen and oxygen atoms in total. The van der Waals surface area contributed by atoms with Crippen LogP contribution in [0.5, 0.6) is 0 Å². The zero-order valence-corrected chi connectivity index (χ0v) is 14.9. The minimum Gasteiger partial charge on any atom is -0.467 e. The van der Waals surface area contributed by atoms with Crippen LogP contribution < -0.4 is 10.0 Å². The van der Waals surface area contributed by atoms with Gasteiger partial charge in [0.25, 0.3) is 0 Å². The van der Waals surface area contributed by atoms with Crippen LogP contribution in [-0.2, 0) is 27.7 Å². The summed E-state index contributed by atoms with van der Waals surface area (Å²) >= 11 is 0. The normalized spacial score (nSPS) is 16.8. The van der Waals surface area contributed by atoms with Crippen molar-refractivity contribution in [2.45, 2.75) is 37.8 Å². The Hall–Kier alpha value is -2.32. The Morgan fingerprint density at radius 2 is 2.16 bits per heavy atom. The van der Waals surface area contributed by atoms with Crippen LogP contribution in [0, 0.1) is 0 Å². The molecule has 1 unspecified atom stereocenters. The molecule has 0 bridgehead atoms. The molecule has 0 saturated carbocycles. The van der Waals surface area contributed by atoms with Gasteiger partial charge in [-0.15, -0.1) is 0 Å². The van der Waals surface area contributed by atoms with E-state index >= 15 is 0 Å². The molecule has 2 heterocycles. The number of fused-ring (bicyclic) bond motifs is 1. The Labute approximate surface area is 146 Å². The molecule has 0 radical (unpaired) electrons. The summed E-state index contributed by atoms with van der Waals surface area (Å²) in [5.74, 6) is 0.108. The van der Waals surface area contributed by atoms with E-state index in [1.807, 2.05) is 6.92 Å². The van der Waals surface area contributed by atoms with Gasteiger partial charge in [0.15, 0.2) is 0 Å². The zero-order chi connectivity index (χ0) is 18.2. The maximum absolute atomic E-state index is 12.0. The van der Waals surface area contributed by atoms with Gasteiger partial charge in [0, 0.05) is 11.7 Å². The number of ether oxygens (including phenoxy) is 1. The van der Waals surface area contributed by atoms with Gasteiger partial charge in [-0.25, -0.2) is 18.4 Å². The molecule has 1 aliphatic rings.